The first kappa shape index (κ1) is 19.7. The standard InChI is InChI=1S/C20H21NO4S/c1-5-24-16-6-8-17(9-7-16)26-18-10-11-19(13(2)12-18)20(23)14(3)21-25-15(4)22/h6-12H,5H2,1-4H3/b21-14+. The van der Waals surface area contributed by atoms with Crippen LogP contribution in [0.2, 0.25) is 0 Å². The van der Waals surface area contributed by atoms with Crippen LogP contribution >= 0.6 is 11.8 Å². The van der Waals surface area contributed by atoms with Gasteiger partial charge in [-0.25, -0.2) is 4.79 Å². The molecule has 6 heteroatoms. The minimum Gasteiger partial charge on any atom is -0.494 e. The van der Waals surface area contributed by atoms with E-state index in [4.69, 9.17) is 4.74 Å². The van der Waals surface area contributed by atoms with Gasteiger partial charge in [0, 0.05) is 22.3 Å². The predicted molar refractivity (Wildman–Crippen MR) is 102 cm³/mol. The van der Waals surface area contributed by atoms with Gasteiger partial charge in [-0.15, -0.1) is 0 Å². The number of rotatable bonds is 7. The second-order valence-electron chi connectivity index (χ2n) is 5.57. The number of aryl methyl sites for hydroxylation is 1. The van der Waals surface area contributed by atoms with Gasteiger partial charge in [0.05, 0.1) is 6.61 Å². The van der Waals surface area contributed by atoms with Gasteiger partial charge in [-0.1, -0.05) is 16.9 Å². The Labute approximate surface area is 157 Å². The first-order valence-corrected chi connectivity index (χ1v) is 9.00. The maximum Gasteiger partial charge on any atom is 0.331 e. The average Bonchev–Trinajstić information content (AvgIpc) is 2.61. The number of oxime groups is 1. The lowest BCUT2D eigenvalue weighted by Crippen LogP contribution is -2.13. The summed E-state index contributed by atoms with van der Waals surface area (Å²) in [5.41, 5.74) is 1.51. The van der Waals surface area contributed by atoms with Crippen LogP contribution < -0.4 is 4.74 Å². The average molecular weight is 371 g/mol. The number of ether oxygens (including phenoxy) is 1. The molecule has 0 N–H and O–H groups in total. The zero-order valence-corrected chi connectivity index (χ0v) is 16.1. The smallest absolute Gasteiger partial charge is 0.331 e. The summed E-state index contributed by atoms with van der Waals surface area (Å²) in [7, 11) is 0. The van der Waals surface area contributed by atoms with Crippen molar-refractivity contribution in [3.8, 4) is 5.75 Å². The fraction of sp³-hybridized carbons (Fsp3) is 0.250. The van der Waals surface area contributed by atoms with Crippen molar-refractivity contribution in [1.82, 2.24) is 0 Å². The molecule has 0 aliphatic rings. The lowest BCUT2D eigenvalue weighted by Gasteiger charge is -2.08. The maximum absolute atomic E-state index is 12.4. The lowest BCUT2D eigenvalue weighted by atomic mass is 10.0. The molecule has 2 aromatic carbocycles. The van der Waals surface area contributed by atoms with Gasteiger partial charge in [0.1, 0.15) is 11.5 Å². The Kier molecular flexibility index (Phi) is 6.97. The van der Waals surface area contributed by atoms with Gasteiger partial charge in [0.2, 0.25) is 5.78 Å². The maximum atomic E-state index is 12.4. The van der Waals surface area contributed by atoms with E-state index in [1.165, 1.54) is 13.8 Å². The zero-order valence-electron chi connectivity index (χ0n) is 15.2. The van der Waals surface area contributed by atoms with Gasteiger partial charge >= 0.3 is 5.97 Å². The van der Waals surface area contributed by atoms with Crippen molar-refractivity contribution < 1.29 is 19.2 Å². The molecule has 2 aromatic rings. The van der Waals surface area contributed by atoms with Gasteiger partial charge in [-0.3, -0.25) is 4.79 Å². The predicted octanol–water partition coefficient (Wildman–Crippen LogP) is 4.67. The van der Waals surface area contributed by atoms with Crippen LogP contribution in [0.1, 0.15) is 36.7 Å². The van der Waals surface area contributed by atoms with Gasteiger partial charge in [-0.05, 0) is 68.8 Å². The Balaban J connectivity index is 2.12. The minimum absolute atomic E-state index is 0.134. The number of ketones is 1. The van der Waals surface area contributed by atoms with Crippen LogP contribution in [0.25, 0.3) is 0 Å². The number of benzene rings is 2. The molecule has 0 heterocycles. The molecule has 0 atom stereocenters. The molecule has 0 radical (unpaired) electrons. The lowest BCUT2D eigenvalue weighted by molar-refractivity contribution is -0.140. The van der Waals surface area contributed by atoms with Crippen LogP contribution in [0.4, 0.5) is 0 Å². The second kappa shape index (κ2) is 9.20. The first-order valence-electron chi connectivity index (χ1n) is 8.19. The molecule has 0 aliphatic heterocycles. The quantitative estimate of drug-likeness (QED) is 0.306. The van der Waals surface area contributed by atoms with Crippen molar-refractivity contribution in [3.63, 3.8) is 0 Å². The van der Waals surface area contributed by atoms with Crippen molar-refractivity contribution >= 4 is 29.2 Å². The van der Waals surface area contributed by atoms with Gasteiger partial charge in [0.15, 0.2) is 0 Å². The highest BCUT2D eigenvalue weighted by molar-refractivity contribution is 7.99. The molecule has 0 spiro atoms. The molecule has 26 heavy (non-hydrogen) atoms. The molecule has 0 aromatic heterocycles. The summed E-state index contributed by atoms with van der Waals surface area (Å²) in [4.78, 5) is 29.8. The van der Waals surface area contributed by atoms with Crippen LogP contribution in [0, 0.1) is 6.92 Å². The number of carbonyl (C=O) groups excluding carboxylic acids is 2. The Morgan fingerprint density at radius 2 is 1.69 bits per heavy atom. The molecule has 5 nitrogen and oxygen atoms in total. The largest absolute Gasteiger partial charge is 0.494 e. The summed E-state index contributed by atoms with van der Waals surface area (Å²) in [6.07, 6.45) is 0. The highest BCUT2D eigenvalue weighted by atomic mass is 32.2. The number of carbonyl (C=O) groups is 2. The topological polar surface area (TPSA) is 65.0 Å². The fourth-order valence-electron chi connectivity index (χ4n) is 2.23. The van der Waals surface area contributed by atoms with Crippen LogP contribution in [0.15, 0.2) is 57.4 Å². The SMILES string of the molecule is CCOc1ccc(Sc2ccc(C(=O)/C(C)=N/OC(C)=O)c(C)c2)cc1. The van der Waals surface area contributed by atoms with Crippen LogP contribution in [0.5, 0.6) is 5.75 Å². The Morgan fingerprint density at radius 3 is 2.27 bits per heavy atom. The van der Waals surface area contributed by atoms with Gasteiger partial charge in [0.25, 0.3) is 0 Å². The number of Topliss-reactive ketones (excluding diaryl/α,β-unsaturated/α-hetero) is 1. The van der Waals surface area contributed by atoms with Crippen LogP contribution in [-0.4, -0.2) is 24.1 Å². The molecule has 0 amide bonds. The number of nitrogens with zero attached hydrogens (tertiary/aromatic N) is 1. The molecular formula is C20H21NO4S. The third-order valence-corrected chi connectivity index (χ3v) is 4.45. The summed E-state index contributed by atoms with van der Waals surface area (Å²) >= 11 is 1.61. The van der Waals surface area contributed by atoms with E-state index in [2.05, 4.69) is 9.99 Å². The van der Waals surface area contributed by atoms with E-state index in [1.54, 1.807) is 17.8 Å². The molecule has 0 saturated carbocycles. The Hall–Kier alpha value is -2.60. The zero-order chi connectivity index (χ0) is 19.1. The molecule has 0 unspecified atom stereocenters. The number of hydrogen-bond donors (Lipinski definition) is 0. The van der Waals surface area contributed by atoms with Crippen molar-refractivity contribution in [2.24, 2.45) is 5.16 Å². The normalized spacial score (nSPS) is 11.2. The highest BCUT2D eigenvalue weighted by Crippen LogP contribution is 2.30. The Morgan fingerprint density at radius 1 is 1.04 bits per heavy atom. The third kappa shape index (κ3) is 5.46. The van der Waals surface area contributed by atoms with E-state index in [0.29, 0.717) is 12.2 Å². The van der Waals surface area contributed by atoms with Crippen molar-refractivity contribution in [1.29, 1.82) is 0 Å². The second-order valence-corrected chi connectivity index (χ2v) is 6.72. The minimum atomic E-state index is -0.559. The molecule has 2 rings (SSSR count). The molecule has 0 aliphatic carbocycles. The summed E-state index contributed by atoms with van der Waals surface area (Å²) in [6.45, 7) is 7.22. The van der Waals surface area contributed by atoms with Gasteiger partial charge in [-0.2, -0.15) is 0 Å². The Bertz CT molecular complexity index is 828. The van der Waals surface area contributed by atoms with E-state index >= 15 is 0 Å². The molecule has 0 bridgehead atoms. The van der Waals surface area contributed by atoms with E-state index in [-0.39, 0.29) is 11.5 Å². The molecule has 0 saturated heterocycles. The summed E-state index contributed by atoms with van der Waals surface area (Å²) < 4.78 is 5.44. The van der Waals surface area contributed by atoms with E-state index in [1.807, 2.05) is 50.2 Å². The monoisotopic (exact) mass is 371 g/mol. The first-order chi connectivity index (χ1) is 12.4. The van der Waals surface area contributed by atoms with Crippen LogP contribution in [0.3, 0.4) is 0 Å². The number of hydrogen-bond acceptors (Lipinski definition) is 6. The summed E-state index contributed by atoms with van der Waals surface area (Å²) in [6, 6.07) is 13.5. The molecule has 0 fully saturated rings. The van der Waals surface area contributed by atoms with Crippen molar-refractivity contribution in [2.75, 3.05) is 6.61 Å². The van der Waals surface area contributed by atoms with E-state index in [9.17, 15) is 9.59 Å². The van der Waals surface area contributed by atoms with Crippen molar-refractivity contribution in [2.45, 2.75) is 37.5 Å². The van der Waals surface area contributed by atoms with Crippen molar-refractivity contribution in [3.05, 3.63) is 53.6 Å². The molecule has 136 valence electrons. The fourth-order valence-corrected chi connectivity index (χ4v) is 3.15. The van der Waals surface area contributed by atoms with Crippen LogP contribution in [-0.2, 0) is 9.63 Å². The van der Waals surface area contributed by atoms with E-state index < -0.39 is 5.97 Å². The van der Waals surface area contributed by atoms with Gasteiger partial charge < -0.3 is 9.57 Å². The summed E-state index contributed by atoms with van der Waals surface area (Å²) in [5.74, 6) is 0.0221. The highest BCUT2D eigenvalue weighted by Gasteiger charge is 2.14. The molecular weight excluding hydrogens is 350 g/mol. The van der Waals surface area contributed by atoms with E-state index in [0.717, 1.165) is 21.1 Å². The summed E-state index contributed by atoms with van der Waals surface area (Å²) in [5, 5.41) is 3.56. The third-order valence-electron chi connectivity index (χ3n) is 3.45.